The van der Waals surface area contributed by atoms with E-state index in [-0.39, 0.29) is 17.4 Å². The summed E-state index contributed by atoms with van der Waals surface area (Å²) in [5, 5.41) is 0. The molecule has 2 amide bonds. The van der Waals surface area contributed by atoms with Crippen LogP contribution in [0.25, 0.3) is 0 Å². The van der Waals surface area contributed by atoms with Gasteiger partial charge in [0.15, 0.2) is 0 Å². The fraction of sp³-hybridized carbons (Fsp3) is 0.882. The van der Waals surface area contributed by atoms with Crippen molar-refractivity contribution in [2.45, 2.75) is 60.0 Å². The molecule has 0 radical (unpaired) electrons. The van der Waals surface area contributed by atoms with Crippen molar-refractivity contribution in [3.8, 4) is 0 Å². The van der Waals surface area contributed by atoms with Gasteiger partial charge in [-0.2, -0.15) is 13.1 Å². The lowest BCUT2D eigenvalue weighted by molar-refractivity contribution is -0.169. The summed E-state index contributed by atoms with van der Waals surface area (Å²) in [5.74, 6) is 0.583. The molecular formula is C17H31N3O5S. The Kier molecular flexibility index (Phi) is 5.38. The third-order valence-electron chi connectivity index (χ3n) is 6.11. The highest BCUT2D eigenvalue weighted by Gasteiger charge is 2.57. The Morgan fingerprint density at radius 1 is 1.27 bits per heavy atom. The van der Waals surface area contributed by atoms with Gasteiger partial charge in [0.2, 0.25) is 5.91 Å². The smallest absolute Gasteiger partial charge is 0.421 e. The Morgan fingerprint density at radius 3 is 2.27 bits per heavy atom. The van der Waals surface area contributed by atoms with Gasteiger partial charge in [-0.3, -0.25) is 4.79 Å². The molecule has 2 N–H and O–H groups in total. The van der Waals surface area contributed by atoms with Crippen molar-refractivity contribution in [1.29, 1.82) is 0 Å². The number of fused-ring (bicyclic) bond motifs is 2. The van der Waals surface area contributed by atoms with Crippen molar-refractivity contribution >= 4 is 22.2 Å². The molecule has 3 rings (SSSR count). The number of amides is 2. The molecule has 3 fully saturated rings. The molecule has 0 aromatic heterocycles. The fourth-order valence-corrected chi connectivity index (χ4v) is 5.32. The van der Waals surface area contributed by atoms with Crippen LogP contribution in [0.1, 0.15) is 48.0 Å². The van der Waals surface area contributed by atoms with E-state index in [4.69, 9.17) is 0 Å². The predicted molar refractivity (Wildman–Crippen MR) is 97.4 cm³/mol. The Morgan fingerprint density at radius 2 is 1.85 bits per heavy atom. The Hall–Kier alpha value is -1.35. The third-order valence-corrected chi connectivity index (χ3v) is 7.09. The van der Waals surface area contributed by atoms with Gasteiger partial charge in [-0.1, -0.05) is 34.6 Å². The molecular weight excluding hydrogens is 358 g/mol. The summed E-state index contributed by atoms with van der Waals surface area (Å²) in [6.07, 6.45) is 0.000233. The number of hydrogen-bond acceptors (Lipinski definition) is 5. The average Bonchev–Trinajstić information content (AvgIpc) is 2.50. The number of methoxy groups -OCH3 is 1. The summed E-state index contributed by atoms with van der Waals surface area (Å²) >= 11 is 0. The maximum absolute atomic E-state index is 13.2. The fourth-order valence-electron chi connectivity index (χ4n) is 4.20. The van der Waals surface area contributed by atoms with Gasteiger partial charge in [0.05, 0.1) is 7.11 Å². The molecule has 2 heterocycles. The molecule has 1 unspecified atom stereocenters. The Labute approximate surface area is 156 Å². The van der Waals surface area contributed by atoms with Crippen LogP contribution in [-0.4, -0.2) is 51.1 Å². The molecule has 3 aliphatic rings. The summed E-state index contributed by atoms with van der Waals surface area (Å²) in [6, 6.07) is -0.946. The Balaban J connectivity index is 2.20. The van der Waals surface area contributed by atoms with E-state index in [9.17, 15) is 18.0 Å². The van der Waals surface area contributed by atoms with E-state index in [1.54, 1.807) is 30.4 Å². The molecule has 2 bridgehead atoms. The number of carbonyl (C=O) groups is 2. The average molecular weight is 390 g/mol. The normalized spacial score (nSPS) is 28.7. The van der Waals surface area contributed by atoms with E-state index >= 15 is 0 Å². The van der Waals surface area contributed by atoms with Gasteiger partial charge in [0.1, 0.15) is 6.04 Å². The van der Waals surface area contributed by atoms with Gasteiger partial charge in [-0.25, -0.2) is 9.52 Å². The van der Waals surface area contributed by atoms with Crippen LogP contribution in [0, 0.1) is 22.7 Å². The maximum Gasteiger partial charge on any atom is 0.421 e. The molecule has 26 heavy (non-hydrogen) atoms. The zero-order valence-corrected chi connectivity index (χ0v) is 17.4. The molecule has 0 aromatic carbocycles. The van der Waals surface area contributed by atoms with Gasteiger partial charge in [-0.05, 0) is 36.0 Å². The first-order valence-electron chi connectivity index (χ1n) is 8.89. The quantitative estimate of drug-likeness (QED) is 0.758. The van der Waals surface area contributed by atoms with E-state index in [2.05, 4.69) is 23.3 Å². The first kappa shape index (κ1) is 21.0. The van der Waals surface area contributed by atoms with E-state index in [1.165, 1.54) is 0 Å². The van der Waals surface area contributed by atoms with E-state index in [0.717, 1.165) is 13.5 Å². The van der Waals surface area contributed by atoms with Crippen molar-refractivity contribution < 1.29 is 22.7 Å². The van der Waals surface area contributed by atoms with Crippen LogP contribution in [0.15, 0.2) is 0 Å². The van der Waals surface area contributed by atoms with Crippen LogP contribution >= 0.6 is 0 Å². The van der Waals surface area contributed by atoms with Crippen molar-refractivity contribution in [3.63, 3.8) is 0 Å². The molecule has 1 aliphatic carbocycles. The second-order valence-electron chi connectivity index (χ2n) is 9.11. The zero-order chi connectivity index (χ0) is 20.1. The molecule has 8 nitrogen and oxygen atoms in total. The van der Waals surface area contributed by atoms with Gasteiger partial charge in [0, 0.05) is 12.6 Å². The molecule has 2 saturated heterocycles. The highest BCUT2D eigenvalue weighted by atomic mass is 32.2. The monoisotopic (exact) mass is 389 g/mol. The number of hydrogen-bond donors (Lipinski definition) is 2. The van der Waals surface area contributed by atoms with E-state index in [0.29, 0.717) is 18.4 Å². The third kappa shape index (κ3) is 3.83. The number of nitrogens with zero attached hydrogens (tertiary/aromatic N) is 1. The second-order valence-corrected chi connectivity index (χ2v) is 10.6. The van der Waals surface area contributed by atoms with Gasteiger partial charge >= 0.3 is 16.3 Å². The van der Waals surface area contributed by atoms with Crippen LogP contribution in [0.3, 0.4) is 0 Å². The minimum atomic E-state index is -4.22. The molecule has 0 aromatic rings. The topological polar surface area (TPSA) is 105 Å². The largest absolute Gasteiger partial charge is 0.452 e. The van der Waals surface area contributed by atoms with Crippen LogP contribution in [0.5, 0.6) is 0 Å². The van der Waals surface area contributed by atoms with Crippen molar-refractivity contribution in [1.82, 2.24) is 14.3 Å². The molecule has 0 spiro atoms. The standard InChI is InChI=1S/C17H31N3O5S/c1-10-12-8-11(17(12,5)6)9-20(10)14(21)13(16(2,3)4)18-26(23,24)19-15(22)25-7/h10-13,18H,8-9H2,1-7H3,(H,19,22)/t10-,11?,12+,13-/m1/s1. The lowest BCUT2D eigenvalue weighted by atomic mass is 9.50. The summed E-state index contributed by atoms with van der Waals surface area (Å²) in [5.41, 5.74) is -0.460. The molecule has 1 saturated carbocycles. The predicted octanol–water partition coefficient (Wildman–Crippen LogP) is 1.48. The lowest BCUT2D eigenvalue weighted by Crippen LogP contribution is -2.68. The Bertz CT molecular complexity index is 683. The number of carbonyl (C=O) groups excluding carboxylic acids is 2. The van der Waals surface area contributed by atoms with Gasteiger partial charge in [-0.15, -0.1) is 0 Å². The van der Waals surface area contributed by atoms with Crippen molar-refractivity contribution in [2.24, 2.45) is 22.7 Å². The highest BCUT2D eigenvalue weighted by molar-refractivity contribution is 7.88. The van der Waals surface area contributed by atoms with Crippen LogP contribution in [-0.2, 0) is 19.7 Å². The van der Waals surface area contributed by atoms with E-state index in [1.807, 2.05) is 6.92 Å². The summed E-state index contributed by atoms with van der Waals surface area (Å²) in [7, 11) is -3.15. The first-order valence-corrected chi connectivity index (χ1v) is 10.4. The molecule has 2 aliphatic heterocycles. The second kappa shape index (κ2) is 6.67. The van der Waals surface area contributed by atoms with E-state index < -0.39 is 27.8 Å². The summed E-state index contributed by atoms with van der Waals surface area (Å²) < 4.78 is 32.8. The number of rotatable bonds is 4. The van der Waals surface area contributed by atoms with Crippen molar-refractivity contribution in [3.05, 3.63) is 0 Å². The number of ether oxygens (including phenoxy) is 1. The molecule has 9 heteroatoms. The summed E-state index contributed by atoms with van der Waals surface area (Å²) in [4.78, 5) is 26.3. The SMILES string of the molecule is COC(=O)NS(=O)(=O)N[C@H](C(=O)N1CC2C[C@@H]([C@H]1C)C2(C)C)C(C)(C)C. The number of piperidine rings is 2. The minimum Gasteiger partial charge on any atom is -0.452 e. The van der Waals surface area contributed by atoms with Crippen molar-refractivity contribution in [2.75, 3.05) is 13.7 Å². The maximum atomic E-state index is 13.2. The summed E-state index contributed by atoms with van der Waals surface area (Å²) in [6.45, 7) is 12.5. The minimum absolute atomic E-state index is 0.0467. The highest BCUT2D eigenvalue weighted by Crippen LogP contribution is 2.57. The van der Waals surface area contributed by atoms with Crippen LogP contribution in [0.2, 0.25) is 0 Å². The van der Waals surface area contributed by atoms with Gasteiger partial charge < -0.3 is 9.64 Å². The zero-order valence-electron chi connectivity index (χ0n) is 16.6. The first-order chi connectivity index (χ1) is 11.7. The van der Waals surface area contributed by atoms with Crippen LogP contribution in [0.4, 0.5) is 4.79 Å². The molecule has 150 valence electrons. The van der Waals surface area contributed by atoms with Crippen LogP contribution < -0.4 is 9.44 Å². The van der Waals surface area contributed by atoms with Gasteiger partial charge in [0.25, 0.3) is 0 Å². The molecule has 4 atom stereocenters. The lowest BCUT2D eigenvalue weighted by Gasteiger charge is -2.63. The number of nitrogens with one attached hydrogen (secondary N) is 2.